The van der Waals surface area contributed by atoms with E-state index in [4.69, 9.17) is 9.47 Å². The summed E-state index contributed by atoms with van der Waals surface area (Å²) >= 11 is 0. The second kappa shape index (κ2) is 9.82. The van der Waals surface area contributed by atoms with Crippen LogP contribution in [0.5, 0.6) is 0 Å². The quantitative estimate of drug-likeness (QED) is 0.482. The van der Waals surface area contributed by atoms with E-state index in [1.807, 2.05) is 61.6 Å². The van der Waals surface area contributed by atoms with Gasteiger partial charge in [0.2, 0.25) is 11.8 Å². The smallest absolute Gasteiger partial charge is 0.312 e. The number of rotatable bonds is 6. The van der Waals surface area contributed by atoms with Gasteiger partial charge in [-0.1, -0.05) is 68.0 Å². The van der Waals surface area contributed by atoms with Crippen LogP contribution in [0.4, 0.5) is 0 Å². The minimum absolute atomic E-state index is 0.0393. The van der Waals surface area contributed by atoms with Crippen molar-refractivity contribution >= 4 is 17.8 Å². The first-order chi connectivity index (χ1) is 17.4. The maximum absolute atomic E-state index is 14.3. The molecule has 1 aromatic carbocycles. The lowest BCUT2D eigenvalue weighted by molar-refractivity contribution is -0.157. The number of aliphatic hydroxyl groups is 1. The highest BCUT2D eigenvalue weighted by Gasteiger charge is 2.72. The van der Waals surface area contributed by atoms with Gasteiger partial charge in [0.25, 0.3) is 0 Å². The number of amides is 2. The molecule has 0 aromatic heterocycles. The molecule has 2 fully saturated rings. The predicted molar refractivity (Wildman–Crippen MR) is 131 cm³/mol. The van der Waals surface area contributed by atoms with E-state index in [9.17, 15) is 19.5 Å². The number of aliphatic hydroxyl groups excluding tert-OH is 1. The van der Waals surface area contributed by atoms with Gasteiger partial charge in [0.1, 0.15) is 17.6 Å². The Morgan fingerprint density at radius 3 is 2.64 bits per heavy atom. The molecular formula is C28H34N2O6. The fourth-order valence-electron chi connectivity index (χ4n) is 6.40. The lowest BCUT2D eigenvalue weighted by Crippen LogP contribution is -2.57. The number of likely N-dealkylation sites (tertiary alicyclic amines) is 1. The summed E-state index contributed by atoms with van der Waals surface area (Å²) in [6.07, 6.45) is 9.07. The third-order valence-corrected chi connectivity index (χ3v) is 8.02. The number of cyclic esters (lactones) is 1. The van der Waals surface area contributed by atoms with Crippen LogP contribution in [0.15, 0.2) is 54.6 Å². The van der Waals surface area contributed by atoms with Crippen LogP contribution in [-0.2, 0) is 23.9 Å². The van der Waals surface area contributed by atoms with Crippen LogP contribution in [0.1, 0.15) is 44.7 Å². The standard InChI is InChI=1S/C28H34N2O6/c1-3-10-18(2)29-15-9-14-28-23(22-21(36-28)13-7-8-16-35-27(22)34)25(32)30(24(28)26(29)33)20(17-31)19-11-5-4-6-12-19/h4-7,9,11-14,18,20-24,31H,3,8,10,15-17H2,1-2H3/t18?,20-,21+,22-,23+,24?,28+/m1/s1. The van der Waals surface area contributed by atoms with E-state index in [0.29, 0.717) is 18.5 Å². The van der Waals surface area contributed by atoms with Crippen molar-refractivity contribution in [2.24, 2.45) is 11.8 Å². The highest BCUT2D eigenvalue weighted by Crippen LogP contribution is 2.55. The van der Waals surface area contributed by atoms with Crippen molar-refractivity contribution in [1.82, 2.24) is 9.80 Å². The number of fused-ring (bicyclic) bond motifs is 2. The van der Waals surface area contributed by atoms with Crippen molar-refractivity contribution in [3.05, 3.63) is 60.2 Å². The average molecular weight is 495 g/mol. The van der Waals surface area contributed by atoms with E-state index in [0.717, 1.165) is 12.8 Å². The van der Waals surface area contributed by atoms with E-state index in [1.54, 1.807) is 4.90 Å². The van der Waals surface area contributed by atoms with E-state index >= 15 is 0 Å². The Morgan fingerprint density at radius 1 is 1.14 bits per heavy atom. The largest absolute Gasteiger partial charge is 0.465 e. The summed E-state index contributed by atoms with van der Waals surface area (Å²) in [5.74, 6) is -2.88. The van der Waals surface area contributed by atoms with E-state index in [1.165, 1.54) is 4.90 Å². The minimum atomic E-state index is -1.33. The molecule has 7 atom stereocenters. The van der Waals surface area contributed by atoms with Crippen molar-refractivity contribution in [1.29, 1.82) is 0 Å². The van der Waals surface area contributed by atoms with Crippen LogP contribution < -0.4 is 0 Å². The van der Waals surface area contributed by atoms with Gasteiger partial charge in [0.05, 0.1) is 31.3 Å². The van der Waals surface area contributed by atoms with Crippen molar-refractivity contribution < 1.29 is 29.0 Å². The number of carbonyl (C=O) groups is 3. The van der Waals surface area contributed by atoms with Crippen molar-refractivity contribution in [2.75, 3.05) is 19.8 Å². The molecule has 0 saturated carbocycles. The van der Waals surface area contributed by atoms with Gasteiger partial charge in [0, 0.05) is 12.6 Å². The first-order valence-electron chi connectivity index (χ1n) is 12.9. The van der Waals surface area contributed by atoms with Gasteiger partial charge in [-0.05, 0) is 25.3 Å². The molecule has 1 aromatic rings. The number of carbonyl (C=O) groups excluding carboxylic acids is 3. The Bertz CT molecular complexity index is 1070. The second-order valence-electron chi connectivity index (χ2n) is 10.1. The highest BCUT2D eigenvalue weighted by molar-refractivity contribution is 5.99. The molecule has 0 bridgehead atoms. The van der Waals surface area contributed by atoms with Gasteiger partial charge in [0.15, 0.2) is 0 Å². The molecular weight excluding hydrogens is 460 g/mol. The van der Waals surface area contributed by atoms with Gasteiger partial charge in [-0.2, -0.15) is 0 Å². The van der Waals surface area contributed by atoms with E-state index in [-0.39, 0.29) is 31.1 Å². The molecule has 1 N–H and O–H groups in total. The van der Waals surface area contributed by atoms with Gasteiger partial charge >= 0.3 is 5.97 Å². The maximum atomic E-state index is 14.3. The molecule has 8 nitrogen and oxygen atoms in total. The van der Waals surface area contributed by atoms with Crippen molar-refractivity contribution in [2.45, 2.75) is 62.9 Å². The molecule has 36 heavy (non-hydrogen) atoms. The number of benzene rings is 1. The summed E-state index contributed by atoms with van der Waals surface area (Å²) in [6.45, 7) is 4.34. The Morgan fingerprint density at radius 2 is 1.92 bits per heavy atom. The van der Waals surface area contributed by atoms with Gasteiger partial charge in [-0.15, -0.1) is 0 Å². The van der Waals surface area contributed by atoms with Gasteiger partial charge in [-0.3, -0.25) is 14.4 Å². The summed E-state index contributed by atoms with van der Waals surface area (Å²) in [7, 11) is 0. The lowest BCUT2D eigenvalue weighted by atomic mass is 9.77. The molecule has 0 aliphatic carbocycles. The highest BCUT2D eigenvalue weighted by atomic mass is 16.6. The first kappa shape index (κ1) is 24.7. The number of nitrogens with zero attached hydrogens (tertiary/aromatic N) is 2. The summed E-state index contributed by atoms with van der Waals surface area (Å²) in [6, 6.07) is 7.39. The summed E-state index contributed by atoms with van der Waals surface area (Å²) in [5.41, 5.74) is -0.616. The third-order valence-electron chi connectivity index (χ3n) is 8.02. The lowest BCUT2D eigenvalue weighted by Gasteiger charge is -2.40. The molecule has 1 spiro atoms. The van der Waals surface area contributed by atoms with Crippen LogP contribution in [0.3, 0.4) is 0 Å². The van der Waals surface area contributed by atoms with Crippen LogP contribution in [0.25, 0.3) is 0 Å². The molecule has 5 rings (SSSR count). The molecule has 4 aliphatic heterocycles. The SMILES string of the molecule is CCCC(C)N1CC=C[C@]23O[C@H]4C=CCCOC(=O)[C@H]4[C@H]2C(=O)N([C@H](CO)c2ccccc2)C3C1=O. The molecule has 8 heteroatoms. The number of hydrogen-bond donors (Lipinski definition) is 1. The topological polar surface area (TPSA) is 96.4 Å². The third kappa shape index (κ3) is 3.78. The molecule has 192 valence electrons. The van der Waals surface area contributed by atoms with Crippen LogP contribution in [-0.4, -0.2) is 76.2 Å². The Hall–Kier alpha value is -2.97. The molecule has 2 saturated heterocycles. The number of hydrogen-bond acceptors (Lipinski definition) is 6. The zero-order valence-electron chi connectivity index (χ0n) is 20.8. The van der Waals surface area contributed by atoms with Crippen LogP contribution in [0.2, 0.25) is 0 Å². The predicted octanol–water partition coefficient (Wildman–Crippen LogP) is 2.39. The van der Waals surface area contributed by atoms with Gasteiger partial charge < -0.3 is 24.4 Å². The fraction of sp³-hybridized carbons (Fsp3) is 0.536. The van der Waals surface area contributed by atoms with Crippen molar-refractivity contribution in [3.8, 4) is 0 Å². The summed E-state index contributed by atoms with van der Waals surface area (Å²) < 4.78 is 12.1. The fourth-order valence-corrected chi connectivity index (χ4v) is 6.40. The Balaban J connectivity index is 1.66. The minimum Gasteiger partial charge on any atom is -0.465 e. The number of ether oxygens (including phenoxy) is 2. The Kier molecular flexibility index (Phi) is 6.74. The van der Waals surface area contributed by atoms with E-state index in [2.05, 4.69) is 6.92 Å². The monoisotopic (exact) mass is 494 g/mol. The summed E-state index contributed by atoms with van der Waals surface area (Å²) in [4.78, 5) is 45.0. The molecule has 4 heterocycles. The summed E-state index contributed by atoms with van der Waals surface area (Å²) in [5, 5.41) is 10.5. The van der Waals surface area contributed by atoms with Crippen LogP contribution in [0, 0.1) is 11.8 Å². The van der Waals surface area contributed by atoms with Crippen LogP contribution >= 0.6 is 0 Å². The molecule has 2 amide bonds. The van der Waals surface area contributed by atoms with Gasteiger partial charge in [-0.25, -0.2) is 0 Å². The zero-order valence-corrected chi connectivity index (χ0v) is 20.8. The average Bonchev–Trinajstić information content (AvgIpc) is 3.24. The van der Waals surface area contributed by atoms with E-state index < -0.39 is 41.6 Å². The molecule has 0 radical (unpaired) electrons. The first-order valence-corrected chi connectivity index (χ1v) is 12.9. The molecule has 4 aliphatic rings. The second-order valence-corrected chi connectivity index (χ2v) is 10.1. The Labute approximate surface area is 211 Å². The number of esters is 1. The van der Waals surface area contributed by atoms with Crippen molar-refractivity contribution in [3.63, 3.8) is 0 Å². The molecule has 2 unspecified atom stereocenters. The normalized spacial score (nSPS) is 33.2. The maximum Gasteiger partial charge on any atom is 0.312 e. The zero-order chi connectivity index (χ0) is 25.4.